The molecule has 4 nitrogen and oxygen atoms in total. The second-order valence-corrected chi connectivity index (χ2v) is 6.88. The molecule has 0 aromatic carbocycles. The fourth-order valence-electron chi connectivity index (χ4n) is 1.36. The van der Waals surface area contributed by atoms with E-state index in [4.69, 9.17) is 16.7 Å². The number of anilines is 1. The highest BCUT2D eigenvalue weighted by Crippen LogP contribution is 2.22. The van der Waals surface area contributed by atoms with Gasteiger partial charge >= 0.3 is 0 Å². The summed E-state index contributed by atoms with van der Waals surface area (Å²) in [7, 11) is 0. The van der Waals surface area contributed by atoms with Crippen molar-refractivity contribution in [3.63, 3.8) is 0 Å². The van der Waals surface area contributed by atoms with Crippen molar-refractivity contribution in [2.75, 3.05) is 30.0 Å². The summed E-state index contributed by atoms with van der Waals surface area (Å²) in [4.78, 5) is 8.74. The summed E-state index contributed by atoms with van der Waals surface area (Å²) in [5, 5.41) is 12.4. The minimum atomic E-state index is -0.114. The molecule has 1 rings (SSSR count). The van der Waals surface area contributed by atoms with E-state index < -0.39 is 0 Å². The Morgan fingerprint density at radius 1 is 1.32 bits per heavy atom. The van der Waals surface area contributed by atoms with Gasteiger partial charge in [0.25, 0.3) is 0 Å². The summed E-state index contributed by atoms with van der Waals surface area (Å²) >= 11 is 7.83. The summed E-state index contributed by atoms with van der Waals surface area (Å²) in [6.45, 7) is 7.28. The van der Waals surface area contributed by atoms with E-state index in [1.807, 2.05) is 11.8 Å². The minimum absolute atomic E-state index is 0.114. The third-order valence-electron chi connectivity index (χ3n) is 2.37. The highest BCUT2D eigenvalue weighted by atomic mass is 35.5. The normalized spacial score (nSPS) is 11.6. The number of nitrogens with zero attached hydrogens (tertiary/aromatic N) is 2. The fourth-order valence-corrected chi connectivity index (χ4v) is 2.33. The van der Waals surface area contributed by atoms with Crippen molar-refractivity contribution < 1.29 is 5.11 Å². The summed E-state index contributed by atoms with van der Waals surface area (Å²) in [5.41, 5.74) is -0.114. The molecule has 0 aliphatic rings. The molecule has 0 fully saturated rings. The molecule has 1 heterocycles. The van der Waals surface area contributed by atoms with E-state index in [0.29, 0.717) is 5.15 Å². The molecule has 0 atom stereocenters. The van der Waals surface area contributed by atoms with Gasteiger partial charge in [0.2, 0.25) is 0 Å². The van der Waals surface area contributed by atoms with Crippen LogP contribution in [-0.2, 0) is 5.41 Å². The van der Waals surface area contributed by atoms with Crippen LogP contribution in [-0.4, -0.2) is 39.7 Å². The number of hydrogen-bond donors (Lipinski definition) is 2. The van der Waals surface area contributed by atoms with Crippen molar-refractivity contribution in [2.45, 2.75) is 32.6 Å². The number of aromatic nitrogens is 2. The maximum atomic E-state index is 8.68. The Morgan fingerprint density at radius 3 is 2.68 bits per heavy atom. The lowest BCUT2D eigenvalue weighted by Crippen LogP contribution is -2.17. The molecule has 0 saturated heterocycles. The molecule has 0 aliphatic carbocycles. The van der Waals surface area contributed by atoms with Crippen LogP contribution in [0.3, 0.4) is 0 Å². The Balaban J connectivity index is 2.48. The van der Waals surface area contributed by atoms with Crippen LogP contribution in [0.25, 0.3) is 0 Å². The number of nitrogens with one attached hydrogen (secondary N) is 1. The molecule has 0 unspecified atom stereocenters. The van der Waals surface area contributed by atoms with Crippen molar-refractivity contribution >= 4 is 29.2 Å². The first-order valence-electron chi connectivity index (χ1n) is 6.41. The second-order valence-electron chi connectivity index (χ2n) is 5.27. The van der Waals surface area contributed by atoms with Gasteiger partial charge in [-0.3, -0.25) is 0 Å². The molecule has 0 aliphatic heterocycles. The van der Waals surface area contributed by atoms with Gasteiger partial charge in [-0.05, 0) is 12.2 Å². The Labute approximate surface area is 124 Å². The highest BCUT2D eigenvalue weighted by Gasteiger charge is 2.18. The molecule has 1 aromatic rings. The Bertz CT molecular complexity index is 396. The number of hydrogen-bond acceptors (Lipinski definition) is 5. The predicted octanol–water partition coefficient (Wildman–Crippen LogP) is 2.96. The average molecular weight is 304 g/mol. The van der Waals surface area contributed by atoms with E-state index in [0.717, 1.165) is 36.1 Å². The van der Waals surface area contributed by atoms with Gasteiger partial charge < -0.3 is 10.4 Å². The zero-order chi connectivity index (χ0) is 14.3. The topological polar surface area (TPSA) is 58.0 Å². The van der Waals surface area contributed by atoms with Gasteiger partial charge in [-0.25, -0.2) is 9.97 Å². The Morgan fingerprint density at radius 2 is 2.05 bits per heavy atom. The van der Waals surface area contributed by atoms with Gasteiger partial charge in [0.05, 0.1) is 0 Å². The molecule has 108 valence electrons. The minimum Gasteiger partial charge on any atom is -0.396 e. The number of aliphatic hydroxyl groups is 1. The van der Waals surface area contributed by atoms with Gasteiger partial charge in [-0.1, -0.05) is 32.4 Å². The molecule has 0 saturated carbocycles. The second kappa shape index (κ2) is 7.92. The van der Waals surface area contributed by atoms with Gasteiger partial charge in [-0.15, -0.1) is 0 Å². The largest absolute Gasteiger partial charge is 0.396 e. The zero-order valence-electron chi connectivity index (χ0n) is 11.7. The van der Waals surface area contributed by atoms with Crippen molar-refractivity contribution in [1.82, 2.24) is 9.97 Å². The maximum absolute atomic E-state index is 8.68. The smallest absolute Gasteiger partial charge is 0.137 e. The van der Waals surface area contributed by atoms with Crippen LogP contribution < -0.4 is 5.32 Å². The molecular formula is C13H22ClN3OS. The molecular weight excluding hydrogens is 282 g/mol. The lowest BCUT2D eigenvalue weighted by molar-refractivity contribution is 0.296. The Kier molecular flexibility index (Phi) is 6.89. The average Bonchev–Trinajstić information content (AvgIpc) is 2.32. The number of aliphatic hydroxyl groups excluding tert-OH is 1. The quantitative estimate of drug-likeness (QED) is 0.599. The zero-order valence-corrected chi connectivity index (χ0v) is 13.3. The first-order chi connectivity index (χ1) is 8.93. The molecule has 0 amide bonds. The molecule has 6 heteroatoms. The standard InChI is InChI=1S/C13H22ClN3OS/c1-13(2,3)12-16-10(14)9-11(17-12)15-5-8-19-7-4-6-18/h9,18H,4-8H2,1-3H3,(H,15,16,17). The first kappa shape index (κ1) is 16.5. The lowest BCUT2D eigenvalue weighted by Gasteiger charge is -2.17. The van der Waals surface area contributed by atoms with Crippen molar-refractivity contribution in [3.8, 4) is 0 Å². The van der Waals surface area contributed by atoms with Crippen LogP contribution in [0.2, 0.25) is 5.15 Å². The van der Waals surface area contributed by atoms with Crippen LogP contribution in [0.1, 0.15) is 33.0 Å². The van der Waals surface area contributed by atoms with Crippen molar-refractivity contribution in [3.05, 3.63) is 17.0 Å². The first-order valence-corrected chi connectivity index (χ1v) is 7.94. The van der Waals surface area contributed by atoms with E-state index in [2.05, 4.69) is 36.1 Å². The maximum Gasteiger partial charge on any atom is 0.137 e. The highest BCUT2D eigenvalue weighted by molar-refractivity contribution is 7.99. The molecule has 1 aromatic heterocycles. The number of halogens is 1. The molecule has 19 heavy (non-hydrogen) atoms. The van der Waals surface area contributed by atoms with Crippen LogP contribution in [0, 0.1) is 0 Å². The summed E-state index contributed by atoms with van der Waals surface area (Å²) < 4.78 is 0. The van der Waals surface area contributed by atoms with Crippen molar-refractivity contribution in [2.24, 2.45) is 0 Å². The van der Waals surface area contributed by atoms with E-state index in [-0.39, 0.29) is 12.0 Å². The summed E-state index contributed by atoms with van der Waals surface area (Å²) in [6.07, 6.45) is 0.845. The monoisotopic (exact) mass is 303 g/mol. The van der Waals surface area contributed by atoms with E-state index in [1.165, 1.54) is 0 Å². The van der Waals surface area contributed by atoms with Crippen molar-refractivity contribution in [1.29, 1.82) is 0 Å². The van der Waals surface area contributed by atoms with Gasteiger partial charge in [0, 0.05) is 30.4 Å². The number of thioether (sulfide) groups is 1. The Hall–Kier alpha value is -0.520. The van der Waals surface area contributed by atoms with Crippen LogP contribution >= 0.6 is 23.4 Å². The van der Waals surface area contributed by atoms with E-state index >= 15 is 0 Å². The summed E-state index contributed by atoms with van der Waals surface area (Å²) in [5.74, 6) is 3.48. The molecule has 0 bridgehead atoms. The van der Waals surface area contributed by atoms with E-state index in [1.54, 1.807) is 6.07 Å². The van der Waals surface area contributed by atoms with Crippen LogP contribution in [0.4, 0.5) is 5.82 Å². The lowest BCUT2D eigenvalue weighted by atomic mass is 9.96. The third kappa shape index (κ3) is 6.45. The molecule has 0 spiro atoms. The predicted molar refractivity (Wildman–Crippen MR) is 83.3 cm³/mol. The number of rotatable bonds is 7. The van der Waals surface area contributed by atoms with Crippen LogP contribution in [0.5, 0.6) is 0 Å². The molecule has 2 N–H and O–H groups in total. The van der Waals surface area contributed by atoms with Gasteiger partial charge in [-0.2, -0.15) is 11.8 Å². The summed E-state index contributed by atoms with van der Waals surface area (Å²) in [6, 6.07) is 1.75. The van der Waals surface area contributed by atoms with Gasteiger partial charge in [0.15, 0.2) is 0 Å². The van der Waals surface area contributed by atoms with Gasteiger partial charge in [0.1, 0.15) is 16.8 Å². The van der Waals surface area contributed by atoms with Crippen LogP contribution in [0.15, 0.2) is 6.07 Å². The van der Waals surface area contributed by atoms with E-state index in [9.17, 15) is 0 Å². The molecule has 0 radical (unpaired) electrons. The third-order valence-corrected chi connectivity index (χ3v) is 3.63. The fraction of sp³-hybridized carbons (Fsp3) is 0.692. The SMILES string of the molecule is CC(C)(C)c1nc(Cl)cc(NCCSCCCO)n1.